The van der Waals surface area contributed by atoms with E-state index in [-0.39, 0.29) is 18.0 Å². The van der Waals surface area contributed by atoms with Crippen LogP contribution in [0.2, 0.25) is 0 Å². The van der Waals surface area contributed by atoms with Crippen molar-refractivity contribution in [2.75, 3.05) is 6.54 Å². The highest BCUT2D eigenvalue weighted by atomic mass is 79.9. The van der Waals surface area contributed by atoms with Gasteiger partial charge in [-0.1, -0.05) is 35.0 Å². The van der Waals surface area contributed by atoms with Gasteiger partial charge in [0.1, 0.15) is 17.7 Å². The van der Waals surface area contributed by atoms with Crippen molar-refractivity contribution in [1.82, 2.24) is 5.32 Å². The highest BCUT2D eigenvalue weighted by Crippen LogP contribution is 2.41. The third-order valence-corrected chi connectivity index (χ3v) is 4.25. The minimum atomic E-state index is -0.220. The summed E-state index contributed by atoms with van der Waals surface area (Å²) in [5.41, 5.74) is 2.18. The topological polar surface area (TPSA) is 21.3 Å². The molecule has 0 bridgehead atoms. The summed E-state index contributed by atoms with van der Waals surface area (Å²) in [6.45, 7) is 2.99. The number of benzene rings is 2. The van der Waals surface area contributed by atoms with Crippen molar-refractivity contribution in [3.05, 3.63) is 63.9 Å². The molecule has 2 unspecified atom stereocenters. The third kappa shape index (κ3) is 3.11. The summed E-state index contributed by atoms with van der Waals surface area (Å²) in [6.07, 6.45) is 0.784. The Hall–Kier alpha value is -1.39. The van der Waals surface area contributed by atoms with Crippen LogP contribution in [0.4, 0.5) is 4.39 Å². The zero-order valence-corrected chi connectivity index (χ0v) is 13.4. The van der Waals surface area contributed by atoms with Gasteiger partial charge >= 0.3 is 0 Å². The van der Waals surface area contributed by atoms with Gasteiger partial charge in [0, 0.05) is 22.5 Å². The van der Waals surface area contributed by atoms with Crippen LogP contribution in [0.1, 0.15) is 36.6 Å². The van der Waals surface area contributed by atoms with Gasteiger partial charge in [-0.25, -0.2) is 4.39 Å². The molecule has 0 radical (unpaired) electrons. The first-order chi connectivity index (χ1) is 10.2. The molecule has 1 aliphatic heterocycles. The molecule has 0 aliphatic carbocycles. The average molecular weight is 350 g/mol. The minimum Gasteiger partial charge on any atom is -0.485 e. The quantitative estimate of drug-likeness (QED) is 0.862. The summed E-state index contributed by atoms with van der Waals surface area (Å²) in [7, 11) is 0. The van der Waals surface area contributed by atoms with Gasteiger partial charge in [0.2, 0.25) is 0 Å². The molecule has 2 nitrogen and oxygen atoms in total. The maximum atomic E-state index is 13.1. The smallest absolute Gasteiger partial charge is 0.126 e. The lowest BCUT2D eigenvalue weighted by Crippen LogP contribution is -2.29. The number of nitrogens with one attached hydrogen (secondary N) is 1. The Morgan fingerprint density at radius 1 is 1.24 bits per heavy atom. The second-order valence-corrected chi connectivity index (χ2v) is 6.10. The summed E-state index contributed by atoms with van der Waals surface area (Å²) in [6, 6.07) is 12.9. The van der Waals surface area contributed by atoms with E-state index in [0.29, 0.717) is 0 Å². The van der Waals surface area contributed by atoms with E-state index >= 15 is 0 Å². The summed E-state index contributed by atoms with van der Waals surface area (Å²) in [4.78, 5) is 0. The first-order valence-electron chi connectivity index (χ1n) is 7.12. The first kappa shape index (κ1) is 14.5. The second-order valence-electron chi connectivity index (χ2n) is 5.19. The van der Waals surface area contributed by atoms with Crippen LogP contribution in [-0.4, -0.2) is 6.54 Å². The standard InChI is InChI=1S/C17H17BrFNO/c1-2-20-15-10-17(11-3-6-13(19)7-4-11)21-16-8-5-12(18)9-14(15)16/h3-9,15,17,20H,2,10H2,1H3. The Bertz CT molecular complexity index is 629. The van der Waals surface area contributed by atoms with Crippen LogP contribution >= 0.6 is 15.9 Å². The van der Waals surface area contributed by atoms with Gasteiger partial charge in [0.25, 0.3) is 0 Å². The third-order valence-electron chi connectivity index (χ3n) is 3.76. The molecule has 0 aromatic heterocycles. The number of ether oxygens (including phenoxy) is 1. The van der Waals surface area contributed by atoms with E-state index in [2.05, 4.69) is 34.2 Å². The maximum Gasteiger partial charge on any atom is 0.126 e. The van der Waals surface area contributed by atoms with Crippen molar-refractivity contribution >= 4 is 15.9 Å². The van der Waals surface area contributed by atoms with Crippen molar-refractivity contribution < 1.29 is 9.13 Å². The van der Waals surface area contributed by atoms with Gasteiger partial charge in [0.15, 0.2) is 0 Å². The summed E-state index contributed by atoms with van der Waals surface area (Å²) in [5, 5.41) is 3.50. The first-order valence-corrected chi connectivity index (χ1v) is 7.91. The fourth-order valence-corrected chi connectivity index (χ4v) is 3.14. The van der Waals surface area contributed by atoms with E-state index in [1.54, 1.807) is 12.1 Å². The Labute approximate surface area is 132 Å². The van der Waals surface area contributed by atoms with E-state index in [9.17, 15) is 4.39 Å². The van der Waals surface area contributed by atoms with Crippen LogP contribution in [0, 0.1) is 5.82 Å². The molecule has 1 N–H and O–H groups in total. The second kappa shape index (κ2) is 6.16. The molecule has 0 saturated heterocycles. The van der Waals surface area contributed by atoms with Gasteiger partial charge in [-0.15, -0.1) is 0 Å². The number of halogens is 2. The summed E-state index contributed by atoms with van der Waals surface area (Å²) < 4.78 is 20.2. The van der Waals surface area contributed by atoms with Gasteiger partial charge in [-0.05, 0) is 42.4 Å². The van der Waals surface area contributed by atoms with E-state index in [0.717, 1.165) is 28.8 Å². The lowest BCUT2D eigenvalue weighted by Gasteiger charge is -2.33. The van der Waals surface area contributed by atoms with Crippen molar-refractivity contribution in [3.63, 3.8) is 0 Å². The van der Waals surface area contributed by atoms with E-state index in [1.165, 1.54) is 17.7 Å². The fraction of sp³-hybridized carbons (Fsp3) is 0.294. The Morgan fingerprint density at radius 2 is 2.00 bits per heavy atom. The molecule has 1 aliphatic rings. The number of hydrogen-bond acceptors (Lipinski definition) is 2. The zero-order valence-electron chi connectivity index (χ0n) is 11.8. The van der Waals surface area contributed by atoms with Gasteiger partial charge < -0.3 is 10.1 Å². The molecule has 4 heteroatoms. The van der Waals surface area contributed by atoms with Gasteiger partial charge in [0.05, 0.1) is 0 Å². The highest BCUT2D eigenvalue weighted by Gasteiger charge is 2.28. The minimum absolute atomic E-state index is 0.0525. The Kier molecular flexibility index (Phi) is 4.27. The average Bonchev–Trinajstić information content (AvgIpc) is 2.48. The molecule has 21 heavy (non-hydrogen) atoms. The summed E-state index contributed by atoms with van der Waals surface area (Å²) in [5.74, 6) is 0.673. The predicted molar refractivity (Wildman–Crippen MR) is 84.9 cm³/mol. The lowest BCUT2D eigenvalue weighted by molar-refractivity contribution is 0.152. The van der Waals surface area contributed by atoms with E-state index in [1.807, 2.05) is 12.1 Å². The largest absolute Gasteiger partial charge is 0.485 e. The van der Waals surface area contributed by atoms with Crippen molar-refractivity contribution in [2.24, 2.45) is 0 Å². The molecule has 0 fully saturated rings. The van der Waals surface area contributed by atoms with Crippen LogP contribution in [0.3, 0.4) is 0 Å². The molecule has 2 aromatic carbocycles. The normalized spacial score (nSPS) is 20.7. The zero-order chi connectivity index (χ0) is 14.8. The molecule has 2 atom stereocenters. The fourth-order valence-electron chi connectivity index (χ4n) is 2.76. The monoisotopic (exact) mass is 349 g/mol. The Balaban J connectivity index is 1.93. The molecular weight excluding hydrogens is 333 g/mol. The van der Waals surface area contributed by atoms with Gasteiger partial charge in [-0.3, -0.25) is 0 Å². The van der Waals surface area contributed by atoms with Gasteiger partial charge in [-0.2, -0.15) is 0 Å². The summed E-state index contributed by atoms with van der Waals surface area (Å²) >= 11 is 3.51. The van der Waals surface area contributed by atoms with Crippen LogP contribution in [0.15, 0.2) is 46.9 Å². The molecule has 0 amide bonds. The van der Waals surface area contributed by atoms with Crippen molar-refractivity contribution in [3.8, 4) is 5.75 Å². The van der Waals surface area contributed by atoms with Crippen molar-refractivity contribution in [2.45, 2.75) is 25.5 Å². The molecular formula is C17H17BrFNO. The lowest BCUT2D eigenvalue weighted by atomic mass is 9.93. The van der Waals surface area contributed by atoms with Crippen LogP contribution in [-0.2, 0) is 0 Å². The van der Waals surface area contributed by atoms with E-state index < -0.39 is 0 Å². The molecule has 3 rings (SSSR count). The predicted octanol–water partition coefficient (Wildman–Crippen LogP) is 4.76. The van der Waals surface area contributed by atoms with Crippen LogP contribution in [0.5, 0.6) is 5.75 Å². The maximum absolute atomic E-state index is 13.1. The van der Waals surface area contributed by atoms with Crippen LogP contribution < -0.4 is 10.1 Å². The molecule has 0 saturated carbocycles. The Morgan fingerprint density at radius 3 is 2.71 bits per heavy atom. The molecule has 2 aromatic rings. The van der Waals surface area contributed by atoms with Crippen LogP contribution in [0.25, 0.3) is 0 Å². The SMILES string of the molecule is CCNC1CC(c2ccc(F)cc2)Oc2ccc(Br)cc21. The van der Waals surface area contributed by atoms with Crippen molar-refractivity contribution in [1.29, 1.82) is 0 Å². The van der Waals surface area contributed by atoms with E-state index in [4.69, 9.17) is 4.74 Å². The number of fused-ring (bicyclic) bond motifs is 1. The number of hydrogen-bond donors (Lipinski definition) is 1. The highest BCUT2D eigenvalue weighted by molar-refractivity contribution is 9.10. The molecule has 110 valence electrons. The molecule has 0 spiro atoms. The number of rotatable bonds is 3. The molecule has 1 heterocycles.